The fourth-order valence-corrected chi connectivity index (χ4v) is 15.0. The number of carbonyl (C=O) groups excluding carboxylic acids is 4. The van der Waals surface area contributed by atoms with Gasteiger partial charge in [0.25, 0.3) is 0 Å². The molecule has 0 aromatic carbocycles. The smallest absolute Gasteiger partial charge is 0.462 e. The molecule has 17 nitrogen and oxygen atoms in total. The van der Waals surface area contributed by atoms with E-state index in [0.29, 0.717) is 31.6 Å². The molecule has 0 bridgehead atoms. The number of unbranched alkanes of at least 4 members (excludes halogenated alkanes) is 56. The predicted molar refractivity (Wildman–Crippen MR) is 446 cm³/mol. The number of aliphatic hydroxyl groups is 1. The second-order valence-electron chi connectivity index (χ2n) is 31.8. The van der Waals surface area contributed by atoms with Crippen LogP contribution in [0.2, 0.25) is 0 Å². The number of carbonyl (C=O) groups is 4. The predicted octanol–water partition coefficient (Wildman–Crippen LogP) is 27.1. The molecule has 19 heteroatoms. The average Bonchev–Trinajstić information content (AvgIpc) is 0.910. The van der Waals surface area contributed by atoms with Crippen molar-refractivity contribution in [2.75, 3.05) is 39.6 Å². The minimum Gasteiger partial charge on any atom is -0.462 e. The van der Waals surface area contributed by atoms with Crippen molar-refractivity contribution < 1.29 is 80.2 Å². The van der Waals surface area contributed by atoms with E-state index < -0.39 is 97.5 Å². The third kappa shape index (κ3) is 81.6. The van der Waals surface area contributed by atoms with Gasteiger partial charge < -0.3 is 33.8 Å². The molecule has 0 amide bonds. The van der Waals surface area contributed by atoms with Crippen molar-refractivity contribution in [3.63, 3.8) is 0 Å². The van der Waals surface area contributed by atoms with Crippen LogP contribution in [0.15, 0.2) is 24.3 Å². The lowest BCUT2D eigenvalue weighted by atomic mass is 10.0. The molecule has 0 radical (unpaired) electrons. The van der Waals surface area contributed by atoms with Crippen molar-refractivity contribution in [2.24, 2.45) is 5.92 Å². The van der Waals surface area contributed by atoms with Gasteiger partial charge in [-0.1, -0.05) is 406 Å². The number of phosphoric acid groups is 2. The molecule has 638 valence electrons. The Morgan fingerprint density at radius 3 is 0.759 bits per heavy atom. The molecule has 0 heterocycles. The second-order valence-corrected chi connectivity index (χ2v) is 34.7. The Labute approximate surface area is 663 Å². The number of hydrogen-bond acceptors (Lipinski definition) is 15. The van der Waals surface area contributed by atoms with Crippen molar-refractivity contribution in [3.05, 3.63) is 24.3 Å². The van der Waals surface area contributed by atoms with E-state index in [2.05, 4.69) is 58.9 Å². The molecule has 0 rings (SSSR count). The van der Waals surface area contributed by atoms with Gasteiger partial charge in [-0.05, 0) is 57.3 Å². The normalized spacial score (nSPS) is 13.9. The molecule has 0 saturated carbocycles. The number of hydrogen-bond donors (Lipinski definition) is 3. The Kier molecular flexibility index (Phi) is 79.3. The zero-order valence-electron chi connectivity index (χ0n) is 70.5. The minimum absolute atomic E-state index is 0.0848. The highest BCUT2D eigenvalue weighted by atomic mass is 31.2. The standard InChI is InChI=1S/C89H170O17P2/c1-6-9-12-15-18-21-24-27-30-32-34-36-38-40-42-45-48-51-54-59-65-70-75-88(93)105-84(78-99-86(91)72-67-62-57-52-49-46-44-41-39-37-35-33-31-28-25-22-19-16-13-10-7-2)80-103-107(95,96)101-76-83(90)77-102-108(97,98)104-81-85(79-100-87(92)73-68-63-60-55-56-61-66-71-82(4)5)106-89(94)74-69-64-58-53-50-47-43-29-26-23-20-17-14-11-8-3/h23,26,29,43,82-85,90H,6-22,24-25,27-28,30-42,44-81H2,1-5H3,(H,95,96)(H,97,98)/b26-23-,43-29-/t83-,84-,85-/m1/s1. The minimum atomic E-state index is -4.97. The summed E-state index contributed by atoms with van der Waals surface area (Å²) in [6, 6.07) is 0. The highest BCUT2D eigenvalue weighted by molar-refractivity contribution is 7.47. The molecule has 0 aliphatic heterocycles. The number of phosphoric ester groups is 2. The summed E-state index contributed by atoms with van der Waals surface area (Å²) >= 11 is 0. The SMILES string of the molecule is CCCCCC/C=C\C=C/CCCCCCCC(=O)O[C@H](COC(=O)CCCCCCCCCC(C)C)COP(=O)(O)OC[C@H](O)COP(=O)(O)OC[C@@H](COC(=O)CCCCCCCCCCCCCCCCCCCCCCC)OC(=O)CCCCCCCCCCCCCCCCCCCCCCCC. The highest BCUT2D eigenvalue weighted by Gasteiger charge is 2.30. The summed E-state index contributed by atoms with van der Waals surface area (Å²) in [6.07, 6.45) is 78.9. The molecule has 0 fully saturated rings. The van der Waals surface area contributed by atoms with E-state index in [-0.39, 0.29) is 25.7 Å². The van der Waals surface area contributed by atoms with Crippen LogP contribution in [-0.2, 0) is 65.4 Å². The monoisotopic (exact) mass is 1570 g/mol. The molecule has 0 aliphatic rings. The first-order valence-corrected chi connectivity index (χ1v) is 48.4. The summed E-state index contributed by atoms with van der Waals surface area (Å²) in [4.78, 5) is 73.2. The third-order valence-electron chi connectivity index (χ3n) is 20.4. The van der Waals surface area contributed by atoms with Crippen LogP contribution in [0.4, 0.5) is 0 Å². The molecule has 0 aromatic rings. The maximum Gasteiger partial charge on any atom is 0.472 e. The zero-order chi connectivity index (χ0) is 79.0. The van der Waals surface area contributed by atoms with Gasteiger partial charge in [0.2, 0.25) is 0 Å². The van der Waals surface area contributed by atoms with E-state index in [1.54, 1.807) is 0 Å². The molecule has 0 spiro atoms. The summed E-state index contributed by atoms with van der Waals surface area (Å²) in [7, 11) is -9.94. The first kappa shape index (κ1) is 106. The topological polar surface area (TPSA) is 237 Å². The van der Waals surface area contributed by atoms with Crippen LogP contribution in [-0.4, -0.2) is 96.7 Å². The number of aliphatic hydroxyl groups excluding tert-OH is 1. The van der Waals surface area contributed by atoms with Crippen LogP contribution in [0.3, 0.4) is 0 Å². The van der Waals surface area contributed by atoms with Crippen LogP contribution >= 0.6 is 15.6 Å². The van der Waals surface area contributed by atoms with E-state index in [0.717, 1.165) is 109 Å². The summed E-state index contributed by atoms with van der Waals surface area (Å²) in [5, 5.41) is 10.7. The van der Waals surface area contributed by atoms with E-state index in [1.165, 1.54) is 263 Å². The maximum absolute atomic E-state index is 13.2. The van der Waals surface area contributed by atoms with Gasteiger partial charge in [-0.3, -0.25) is 37.3 Å². The lowest BCUT2D eigenvalue weighted by Crippen LogP contribution is -2.30. The van der Waals surface area contributed by atoms with Gasteiger partial charge in [-0.2, -0.15) is 0 Å². The van der Waals surface area contributed by atoms with Crippen molar-refractivity contribution in [2.45, 2.75) is 477 Å². The molecule has 0 aromatic heterocycles. The molecular formula is C89H170O17P2. The Balaban J connectivity index is 5.23. The van der Waals surface area contributed by atoms with Crippen LogP contribution in [0.25, 0.3) is 0 Å². The number of allylic oxidation sites excluding steroid dienone is 4. The summed E-state index contributed by atoms with van der Waals surface area (Å²) in [5.74, 6) is -1.43. The summed E-state index contributed by atoms with van der Waals surface area (Å²) in [6.45, 7) is 7.24. The number of ether oxygens (including phenoxy) is 4. The van der Waals surface area contributed by atoms with Crippen LogP contribution in [0.1, 0.15) is 458 Å². The van der Waals surface area contributed by atoms with Crippen LogP contribution < -0.4 is 0 Å². The third-order valence-corrected chi connectivity index (χ3v) is 22.3. The van der Waals surface area contributed by atoms with Gasteiger partial charge in [0, 0.05) is 25.7 Å². The molecule has 2 unspecified atom stereocenters. The maximum atomic E-state index is 13.2. The van der Waals surface area contributed by atoms with Gasteiger partial charge in [-0.25, -0.2) is 9.13 Å². The molecular weight excluding hydrogens is 1400 g/mol. The van der Waals surface area contributed by atoms with Crippen molar-refractivity contribution in [1.29, 1.82) is 0 Å². The average molecular weight is 1570 g/mol. The van der Waals surface area contributed by atoms with Crippen LogP contribution in [0.5, 0.6) is 0 Å². The second kappa shape index (κ2) is 81.1. The molecule has 0 saturated heterocycles. The van der Waals surface area contributed by atoms with Crippen molar-refractivity contribution in [1.82, 2.24) is 0 Å². The Morgan fingerprint density at radius 1 is 0.287 bits per heavy atom. The summed E-state index contributed by atoms with van der Waals surface area (Å²) in [5.41, 5.74) is 0. The van der Waals surface area contributed by atoms with Gasteiger partial charge in [0.05, 0.1) is 26.4 Å². The quantitative estimate of drug-likeness (QED) is 0.0169. The van der Waals surface area contributed by atoms with E-state index in [4.69, 9.17) is 37.0 Å². The largest absolute Gasteiger partial charge is 0.472 e. The van der Waals surface area contributed by atoms with E-state index in [9.17, 15) is 43.2 Å². The Morgan fingerprint density at radius 2 is 0.500 bits per heavy atom. The highest BCUT2D eigenvalue weighted by Crippen LogP contribution is 2.45. The summed E-state index contributed by atoms with van der Waals surface area (Å²) < 4.78 is 68.9. The van der Waals surface area contributed by atoms with Gasteiger partial charge in [-0.15, -0.1) is 0 Å². The Bertz CT molecular complexity index is 2140. The van der Waals surface area contributed by atoms with E-state index in [1.807, 2.05) is 0 Å². The van der Waals surface area contributed by atoms with Crippen molar-refractivity contribution >= 4 is 39.5 Å². The Hall–Kier alpha value is -2.46. The number of esters is 4. The zero-order valence-corrected chi connectivity index (χ0v) is 72.3. The lowest BCUT2D eigenvalue weighted by molar-refractivity contribution is -0.161. The molecule has 3 N–H and O–H groups in total. The fourth-order valence-electron chi connectivity index (χ4n) is 13.5. The van der Waals surface area contributed by atoms with Gasteiger partial charge in [0.15, 0.2) is 12.2 Å². The van der Waals surface area contributed by atoms with E-state index >= 15 is 0 Å². The number of rotatable bonds is 87. The van der Waals surface area contributed by atoms with Crippen LogP contribution in [0, 0.1) is 5.92 Å². The lowest BCUT2D eigenvalue weighted by Gasteiger charge is -2.21. The first-order chi connectivity index (χ1) is 52.5. The fraction of sp³-hybridized carbons (Fsp3) is 0.910. The van der Waals surface area contributed by atoms with Gasteiger partial charge >= 0.3 is 39.5 Å². The van der Waals surface area contributed by atoms with Crippen molar-refractivity contribution in [3.8, 4) is 0 Å². The first-order valence-electron chi connectivity index (χ1n) is 45.5. The van der Waals surface area contributed by atoms with Gasteiger partial charge in [0.1, 0.15) is 19.3 Å². The molecule has 5 atom stereocenters. The molecule has 108 heavy (non-hydrogen) atoms. The molecule has 0 aliphatic carbocycles.